The zero-order valence-corrected chi connectivity index (χ0v) is 17.9. The summed E-state index contributed by atoms with van der Waals surface area (Å²) in [5.74, 6) is -4.62. The van der Waals surface area contributed by atoms with Gasteiger partial charge in [-0.1, -0.05) is 6.07 Å². The van der Waals surface area contributed by atoms with Crippen LogP contribution in [-0.2, 0) is 0 Å². The summed E-state index contributed by atoms with van der Waals surface area (Å²) in [7, 11) is 0. The molecule has 1 aromatic carbocycles. The van der Waals surface area contributed by atoms with E-state index in [2.05, 4.69) is 10.1 Å². The van der Waals surface area contributed by atoms with Crippen LogP contribution in [0, 0.1) is 16.0 Å². The van der Waals surface area contributed by atoms with Crippen molar-refractivity contribution < 1.29 is 46.3 Å². The number of non-ortho nitro benzene ring substituents is 1. The number of alkyl halides is 5. The van der Waals surface area contributed by atoms with Crippen molar-refractivity contribution in [3.05, 3.63) is 56.3 Å². The SMILES string of the molecule is CCN1C(=O)NC(c2cc([N+](=O)[O-])ccc2OC(F)F)C(C(=O)c2cccs2)C1(O)C(F)(F)F. The highest BCUT2D eigenvalue weighted by Gasteiger charge is 2.70. The Balaban J connectivity index is 2.32. The van der Waals surface area contributed by atoms with Gasteiger partial charge >= 0.3 is 18.8 Å². The van der Waals surface area contributed by atoms with Crippen LogP contribution in [-0.4, -0.2) is 51.8 Å². The molecule has 34 heavy (non-hydrogen) atoms. The summed E-state index contributed by atoms with van der Waals surface area (Å²) in [6.07, 6.45) is -5.58. The number of nitro benzene ring substituents is 1. The van der Waals surface area contributed by atoms with Crippen molar-refractivity contribution in [1.82, 2.24) is 10.2 Å². The second-order valence-corrected chi connectivity index (χ2v) is 8.02. The van der Waals surface area contributed by atoms with Crippen LogP contribution in [0.15, 0.2) is 35.7 Å². The molecule has 2 aromatic rings. The molecule has 0 spiro atoms. The Kier molecular flexibility index (Phi) is 6.80. The Bertz CT molecular complexity index is 1100. The number of aliphatic hydroxyl groups is 1. The number of hydrogen-bond donors (Lipinski definition) is 2. The number of nitro groups is 1. The highest BCUT2D eigenvalue weighted by atomic mass is 32.1. The van der Waals surface area contributed by atoms with Crippen molar-refractivity contribution in [2.24, 2.45) is 5.92 Å². The summed E-state index contributed by atoms with van der Waals surface area (Å²) in [4.78, 5) is 35.9. The number of halogens is 5. The van der Waals surface area contributed by atoms with Gasteiger partial charge in [0.1, 0.15) is 11.7 Å². The van der Waals surface area contributed by atoms with Crippen LogP contribution >= 0.6 is 11.3 Å². The van der Waals surface area contributed by atoms with Crippen molar-refractivity contribution in [2.75, 3.05) is 6.54 Å². The Morgan fingerprint density at radius 2 is 2.06 bits per heavy atom. The number of amides is 2. The summed E-state index contributed by atoms with van der Waals surface area (Å²) < 4.78 is 73.2. The molecule has 2 N–H and O–H groups in total. The van der Waals surface area contributed by atoms with Gasteiger partial charge in [-0.3, -0.25) is 19.8 Å². The lowest BCUT2D eigenvalue weighted by atomic mass is 9.77. The first-order valence-electron chi connectivity index (χ1n) is 9.51. The van der Waals surface area contributed by atoms with Gasteiger partial charge < -0.3 is 15.2 Å². The van der Waals surface area contributed by atoms with Gasteiger partial charge in [-0.25, -0.2) is 4.79 Å². The van der Waals surface area contributed by atoms with E-state index in [4.69, 9.17) is 0 Å². The van der Waals surface area contributed by atoms with Crippen molar-refractivity contribution in [3.63, 3.8) is 0 Å². The lowest BCUT2D eigenvalue weighted by Crippen LogP contribution is -2.73. The number of carbonyl (C=O) groups is 2. The van der Waals surface area contributed by atoms with Gasteiger partial charge in [0.15, 0.2) is 5.78 Å². The van der Waals surface area contributed by atoms with E-state index >= 15 is 0 Å². The van der Waals surface area contributed by atoms with E-state index in [1.54, 1.807) is 0 Å². The second kappa shape index (κ2) is 9.13. The largest absolute Gasteiger partial charge is 0.437 e. The molecule has 0 aliphatic carbocycles. The zero-order chi connectivity index (χ0) is 25.4. The minimum Gasteiger partial charge on any atom is -0.434 e. The molecule has 9 nitrogen and oxygen atoms in total. The third-order valence-electron chi connectivity index (χ3n) is 5.24. The third kappa shape index (κ3) is 4.27. The molecule has 2 amide bonds. The van der Waals surface area contributed by atoms with Gasteiger partial charge in [0.2, 0.25) is 0 Å². The number of hydrogen-bond acceptors (Lipinski definition) is 7. The lowest BCUT2D eigenvalue weighted by Gasteiger charge is -2.50. The second-order valence-electron chi connectivity index (χ2n) is 7.07. The summed E-state index contributed by atoms with van der Waals surface area (Å²) >= 11 is 0.747. The summed E-state index contributed by atoms with van der Waals surface area (Å²) in [5.41, 5.74) is -5.53. The highest BCUT2D eigenvalue weighted by Crippen LogP contribution is 2.50. The number of Topliss-reactive ketones (excluding diaryl/α,β-unsaturated/α-hetero) is 1. The summed E-state index contributed by atoms with van der Waals surface area (Å²) in [5, 5.41) is 25.7. The third-order valence-corrected chi connectivity index (χ3v) is 6.12. The molecule has 15 heteroatoms. The molecular formula is C19H16F5N3O6S. The standard InChI is InChI=1S/C19H16F5N3O6S/c1-2-26-17(29)25-14(10-8-9(27(31)32)5-6-11(10)33-16(20)21)13(18(26,30)19(22,23)24)15(28)12-4-3-7-34-12/h3-8,13-14,16,30H,2H2,1H3,(H,25,29). The molecule has 184 valence electrons. The first-order chi connectivity index (χ1) is 15.8. The maximum absolute atomic E-state index is 14.3. The number of ether oxygens (including phenoxy) is 1. The maximum Gasteiger partial charge on any atom is 0.437 e. The normalized spacial score (nSPS) is 23.1. The molecule has 1 aliphatic rings. The number of thiophene rings is 1. The number of urea groups is 1. The number of ketones is 1. The first-order valence-corrected chi connectivity index (χ1v) is 10.4. The van der Waals surface area contributed by atoms with Crippen molar-refractivity contribution in [2.45, 2.75) is 31.5 Å². The number of benzene rings is 1. The van der Waals surface area contributed by atoms with Crippen LogP contribution in [0.4, 0.5) is 32.4 Å². The molecule has 1 aromatic heterocycles. The minimum absolute atomic E-state index is 0.00926. The average Bonchev–Trinajstić information content (AvgIpc) is 3.27. The van der Waals surface area contributed by atoms with Crippen molar-refractivity contribution >= 4 is 28.8 Å². The van der Waals surface area contributed by atoms with Crippen molar-refractivity contribution in [3.8, 4) is 5.75 Å². The van der Waals surface area contributed by atoms with Gasteiger partial charge in [-0.05, 0) is 24.4 Å². The number of nitrogens with one attached hydrogen (secondary N) is 1. The number of carbonyl (C=O) groups excluding carboxylic acids is 2. The molecule has 1 fully saturated rings. The number of rotatable bonds is 7. The molecule has 3 unspecified atom stereocenters. The Labute approximate surface area is 191 Å². The first kappa shape index (κ1) is 25.3. The van der Waals surface area contributed by atoms with E-state index in [9.17, 15) is 46.8 Å². The van der Waals surface area contributed by atoms with Gasteiger partial charge in [-0.15, -0.1) is 11.3 Å². The summed E-state index contributed by atoms with van der Waals surface area (Å²) in [6, 6.07) is 1.01. The minimum atomic E-state index is -5.58. The molecule has 3 rings (SSSR count). The fourth-order valence-electron chi connectivity index (χ4n) is 3.82. The zero-order valence-electron chi connectivity index (χ0n) is 17.1. The van der Waals surface area contributed by atoms with Crippen LogP contribution in [0.2, 0.25) is 0 Å². The van der Waals surface area contributed by atoms with Crippen LogP contribution in [0.1, 0.15) is 28.2 Å². The molecule has 1 aliphatic heterocycles. The number of nitrogens with zero attached hydrogens (tertiary/aromatic N) is 2. The summed E-state index contributed by atoms with van der Waals surface area (Å²) in [6.45, 7) is -3.04. The molecule has 1 saturated heterocycles. The van der Waals surface area contributed by atoms with Gasteiger partial charge in [0, 0.05) is 24.2 Å². The maximum atomic E-state index is 14.3. The Morgan fingerprint density at radius 3 is 2.56 bits per heavy atom. The topological polar surface area (TPSA) is 122 Å². The predicted octanol–water partition coefficient (Wildman–Crippen LogP) is 4.09. The van der Waals surface area contributed by atoms with Crippen LogP contribution in [0.3, 0.4) is 0 Å². The van der Waals surface area contributed by atoms with E-state index in [1.165, 1.54) is 17.5 Å². The lowest BCUT2D eigenvalue weighted by molar-refractivity contribution is -0.385. The molecule has 0 radical (unpaired) electrons. The monoisotopic (exact) mass is 509 g/mol. The van der Waals surface area contributed by atoms with Crippen molar-refractivity contribution in [1.29, 1.82) is 0 Å². The fraction of sp³-hybridized carbons (Fsp3) is 0.368. The molecule has 2 heterocycles. The van der Waals surface area contributed by atoms with Gasteiger partial charge in [-0.2, -0.15) is 22.0 Å². The van der Waals surface area contributed by atoms with Gasteiger partial charge in [0.25, 0.3) is 11.4 Å². The quantitative estimate of drug-likeness (QED) is 0.251. The molecular weight excluding hydrogens is 493 g/mol. The molecule has 3 atom stereocenters. The highest BCUT2D eigenvalue weighted by molar-refractivity contribution is 7.12. The molecule has 0 saturated carbocycles. The van der Waals surface area contributed by atoms with Crippen LogP contribution < -0.4 is 10.1 Å². The van der Waals surface area contributed by atoms with E-state index in [0.29, 0.717) is 12.1 Å². The smallest absolute Gasteiger partial charge is 0.434 e. The average molecular weight is 509 g/mol. The molecule has 0 bridgehead atoms. The van der Waals surface area contributed by atoms with Gasteiger partial charge in [0.05, 0.1) is 15.8 Å². The van der Waals surface area contributed by atoms with E-state index < -0.39 is 70.8 Å². The van der Waals surface area contributed by atoms with E-state index in [1.807, 2.05) is 0 Å². The van der Waals surface area contributed by atoms with E-state index in [0.717, 1.165) is 24.3 Å². The fourth-order valence-corrected chi connectivity index (χ4v) is 4.53. The Hall–Kier alpha value is -3.33. The van der Waals surface area contributed by atoms with Crippen LogP contribution in [0.25, 0.3) is 0 Å². The van der Waals surface area contributed by atoms with E-state index in [-0.39, 0.29) is 9.78 Å². The Morgan fingerprint density at radius 1 is 1.38 bits per heavy atom. The predicted molar refractivity (Wildman–Crippen MR) is 107 cm³/mol. The van der Waals surface area contributed by atoms with Crippen LogP contribution in [0.5, 0.6) is 5.75 Å².